The third kappa shape index (κ3) is 3.71. The number of phenolic OH excluding ortho intramolecular Hbond substituents is 1. The van der Waals surface area contributed by atoms with Crippen LogP contribution < -0.4 is 10.2 Å². The molecule has 0 aliphatic carbocycles. The Hall–Kier alpha value is -4.27. The number of H-pyrrole nitrogens is 1. The van der Waals surface area contributed by atoms with Crippen LogP contribution in [0.15, 0.2) is 66.0 Å². The number of anilines is 2. The summed E-state index contributed by atoms with van der Waals surface area (Å²) in [4.78, 5) is 31.8. The molecule has 3 N–H and O–H groups in total. The van der Waals surface area contributed by atoms with E-state index >= 15 is 0 Å². The molecule has 0 saturated carbocycles. The fourth-order valence-corrected chi connectivity index (χ4v) is 7.14. The van der Waals surface area contributed by atoms with Crippen LogP contribution in [0.1, 0.15) is 38.0 Å². The summed E-state index contributed by atoms with van der Waals surface area (Å²) in [5.74, 6) is 0.108. The summed E-state index contributed by atoms with van der Waals surface area (Å²) in [5.41, 5.74) is 6.18. The van der Waals surface area contributed by atoms with Crippen LogP contribution in [0.5, 0.6) is 5.75 Å². The Morgan fingerprint density at radius 2 is 1.95 bits per heavy atom. The van der Waals surface area contributed by atoms with E-state index in [1.807, 2.05) is 72.4 Å². The van der Waals surface area contributed by atoms with Gasteiger partial charge in [0.05, 0.1) is 10.4 Å². The Kier molecular flexibility index (Phi) is 5.66. The third-order valence-electron chi connectivity index (χ3n) is 7.85. The largest absolute Gasteiger partial charge is 0.506 e. The zero-order chi connectivity index (χ0) is 27.7. The SMILES string of the molecule is Cc1csc2c(O)cc3c(c12)[C@@H](CCl)CN3C(=O)c1cc2cc(NC(=O)c3cc4ccccc4n3C)ccc2[nH]1. The molecule has 7 nitrogen and oxygen atoms in total. The predicted molar refractivity (Wildman–Crippen MR) is 163 cm³/mol. The number of aromatic hydroxyl groups is 1. The van der Waals surface area contributed by atoms with Crippen LogP contribution in [0, 0.1) is 6.92 Å². The molecule has 0 bridgehead atoms. The number of aromatic amines is 1. The third-order valence-corrected chi connectivity index (χ3v) is 9.35. The summed E-state index contributed by atoms with van der Waals surface area (Å²) in [5, 5.41) is 18.5. The minimum absolute atomic E-state index is 0.0302. The number of nitrogens with one attached hydrogen (secondary N) is 2. The maximum absolute atomic E-state index is 13.8. The van der Waals surface area contributed by atoms with E-state index in [1.54, 1.807) is 17.0 Å². The van der Waals surface area contributed by atoms with E-state index in [-0.39, 0.29) is 23.5 Å². The number of carbonyl (C=O) groups is 2. The van der Waals surface area contributed by atoms with Crippen molar-refractivity contribution in [3.05, 3.63) is 88.6 Å². The molecule has 3 aromatic heterocycles. The molecule has 7 rings (SSSR count). The molecule has 4 heterocycles. The van der Waals surface area contributed by atoms with Gasteiger partial charge in [-0.3, -0.25) is 9.59 Å². The molecule has 200 valence electrons. The van der Waals surface area contributed by atoms with Gasteiger partial charge < -0.3 is 24.9 Å². The first-order valence-electron chi connectivity index (χ1n) is 12.9. The van der Waals surface area contributed by atoms with Gasteiger partial charge in [0.25, 0.3) is 11.8 Å². The van der Waals surface area contributed by atoms with E-state index in [0.29, 0.717) is 35.2 Å². The number of rotatable bonds is 4. The van der Waals surface area contributed by atoms with Gasteiger partial charge in [-0.1, -0.05) is 18.2 Å². The standard InChI is InChI=1S/C31H25ClN4O3S/c1-16-15-40-29-26(37)12-24-28(27(16)29)19(13-32)14-36(24)31(39)22-10-18-9-20(7-8-21(18)34-22)33-30(38)25-11-17-5-3-4-6-23(17)35(25)2/h3-12,15,19,34,37H,13-14H2,1-2H3,(H,33,38)/t19-/m0/s1. The monoisotopic (exact) mass is 568 g/mol. The van der Waals surface area contributed by atoms with E-state index in [0.717, 1.165) is 43.0 Å². The van der Waals surface area contributed by atoms with Crippen LogP contribution in [0.2, 0.25) is 0 Å². The summed E-state index contributed by atoms with van der Waals surface area (Å²) in [6.07, 6.45) is 0. The average Bonchev–Trinajstić information content (AvgIpc) is 3.71. The number of phenols is 1. The Morgan fingerprint density at radius 3 is 2.75 bits per heavy atom. The summed E-state index contributed by atoms with van der Waals surface area (Å²) in [7, 11) is 1.88. The second kappa shape index (κ2) is 9.15. The average molecular weight is 569 g/mol. The molecule has 1 aliphatic heterocycles. The molecule has 2 amide bonds. The number of halogens is 1. The van der Waals surface area contributed by atoms with E-state index in [1.165, 1.54) is 11.3 Å². The first-order chi connectivity index (χ1) is 19.3. The normalized spacial score (nSPS) is 14.9. The predicted octanol–water partition coefficient (Wildman–Crippen LogP) is 7.12. The Bertz CT molecular complexity index is 2000. The number of aromatic nitrogens is 2. The number of thiophene rings is 1. The Morgan fingerprint density at radius 1 is 1.12 bits per heavy atom. The quantitative estimate of drug-likeness (QED) is 0.198. The van der Waals surface area contributed by atoms with Crippen LogP contribution in [0.4, 0.5) is 11.4 Å². The number of para-hydroxylation sites is 1. The van der Waals surface area contributed by atoms with Gasteiger partial charge in [0, 0.05) is 64.3 Å². The molecule has 0 spiro atoms. The number of alkyl halides is 1. The van der Waals surface area contributed by atoms with Gasteiger partial charge in [-0.05, 0) is 59.8 Å². The molecule has 0 radical (unpaired) electrons. The molecule has 6 aromatic rings. The molecular weight excluding hydrogens is 544 g/mol. The van der Waals surface area contributed by atoms with Crippen LogP contribution >= 0.6 is 22.9 Å². The lowest BCUT2D eigenvalue weighted by atomic mass is 9.97. The lowest BCUT2D eigenvalue weighted by Gasteiger charge is -2.17. The zero-order valence-corrected chi connectivity index (χ0v) is 23.4. The van der Waals surface area contributed by atoms with Gasteiger partial charge in [0.15, 0.2) is 0 Å². The van der Waals surface area contributed by atoms with Crippen molar-refractivity contribution in [2.75, 3.05) is 22.6 Å². The van der Waals surface area contributed by atoms with Crippen LogP contribution in [-0.2, 0) is 7.05 Å². The minimum atomic E-state index is -0.208. The lowest BCUT2D eigenvalue weighted by molar-refractivity contribution is 0.0982. The highest BCUT2D eigenvalue weighted by Crippen LogP contribution is 2.48. The van der Waals surface area contributed by atoms with E-state index < -0.39 is 0 Å². The molecule has 0 unspecified atom stereocenters. The number of carbonyl (C=O) groups excluding carboxylic acids is 2. The minimum Gasteiger partial charge on any atom is -0.506 e. The van der Waals surface area contributed by atoms with E-state index in [9.17, 15) is 14.7 Å². The number of benzene rings is 3. The second-order valence-electron chi connectivity index (χ2n) is 10.3. The Labute approximate surface area is 238 Å². The van der Waals surface area contributed by atoms with Crippen molar-refractivity contribution in [2.24, 2.45) is 7.05 Å². The second-order valence-corrected chi connectivity index (χ2v) is 11.5. The van der Waals surface area contributed by atoms with Gasteiger partial charge in [-0.2, -0.15) is 0 Å². The highest BCUT2D eigenvalue weighted by molar-refractivity contribution is 7.17. The van der Waals surface area contributed by atoms with Gasteiger partial charge >= 0.3 is 0 Å². The highest BCUT2D eigenvalue weighted by atomic mass is 35.5. The van der Waals surface area contributed by atoms with Gasteiger partial charge in [0.1, 0.15) is 17.1 Å². The number of amides is 2. The molecule has 40 heavy (non-hydrogen) atoms. The van der Waals surface area contributed by atoms with Crippen LogP contribution in [-0.4, -0.2) is 38.9 Å². The van der Waals surface area contributed by atoms with Crippen molar-refractivity contribution >= 4 is 78.0 Å². The van der Waals surface area contributed by atoms with Gasteiger partial charge in [-0.25, -0.2) is 0 Å². The summed E-state index contributed by atoms with van der Waals surface area (Å²) in [6.45, 7) is 2.45. The first kappa shape index (κ1) is 24.7. The maximum atomic E-state index is 13.8. The summed E-state index contributed by atoms with van der Waals surface area (Å²) >= 11 is 7.87. The van der Waals surface area contributed by atoms with Crippen molar-refractivity contribution in [3.8, 4) is 5.75 Å². The molecule has 0 saturated heterocycles. The highest BCUT2D eigenvalue weighted by Gasteiger charge is 2.36. The fraction of sp³-hybridized carbons (Fsp3) is 0.161. The van der Waals surface area contributed by atoms with E-state index in [4.69, 9.17) is 11.6 Å². The molecule has 3 aromatic carbocycles. The van der Waals surface area contributed by atoms with Crippen molar-refractivity contribution in [3.63, 3.8) is 0 Å². The van der Waals surface area contributed by atoms with E-state index in [2.05, 4.69) is 10.3 Å². The number of hydrogen-bond acceptors (Lipinski definition) is 4. The summed E-state index contributed by atoms with van der Waals surface area (Å²) < 4.78 is 2.70. The van der Waals surface area contributed by atoms with Gasteiger partial charge in [-0.15, -0.1) is 22.9 Å². The van der Waals surface area contributed by atoms with Crippen molar-refractivity contribution in [1.82, 2.24) is 9.55 Å². The van der Waals surface area contributed by atoms with Crippen molar-refractivity contribution < 1.29 is 14.7 Å². The molecule has 9 heteroatoms. The van der Waals surface area contributed by atoms with Crippen LogP contribution in [0.25, 0.3) is 31.9 Å². The van der Waals surface area contributed by atoms with Crippen LogP contribution in [0.3, 0.4) is 0 Å². The number of hydrogen-bond donors (Lipinski definition) is 3. The van der Waals surface area contributed by atoms with Gasteiger partial charge in [0.2, 0.25) is 0 Å². The maximum Gasteiger partial charge on any atom is 0.274 e. The molecular formula is C31H25ClN4O3S. The fourth-order valence-electron chi connectivity index (χ4n) is 5.91. The smallest absolute Gasteiger partial charge is 0.274 e. The zero-order valence-electron chi connectivity index (χ0n) is 21.8. The molecule has 0 fully saturated rings. The first-order valence-corrected chi connectivity index (χ1v) is 14.4. The number of fused-ring (bicyclic) bond motifs is 5. The number of nitrogens with zero attached hydrogens (tertiary/aromatic N) is 2. The number of aryl methyl sites for hydroxylation is 2. The van der Waals surface area contributed by atoms with Crippen molar-refractivity contribution in [2.45, 2.75) is 12.8 Å². The Balaban J connectivity index is 1.19. The summed E-state index contributed by atoms with van der Waals surface area (Å²) in [6, 6.07) is 18.7. The molecule has 1 atom stereocenters. The molecule has 1 aliphatic rings. The lowest BCUT2D eigenvalue weighted by Crippen LogP contribution is -2.30. The topological polar surface area (TPSA) is 90.4 Å². The van der Waals surface area contributed by atoms with Crippen molar-refractivity contribution in [1.29, 1.82) is 0 Å².